The summed E-state index contributed by atoms with van der Waals surface area (Å²) in [6, 6.07) is 10.3. The van der Waals surface area contributed by atoms with Crippen LogP contribution in [0.3, 0.4) is 0 Å². The summed E-state index contributed by atoms with van der Waals surface area (Å²) in [6.45, 7) is 9.22. The van der Waals surface area contributed by atoms with Gasteiger partial charge >= 0.3 is 0 Å². The Morgan fingerprint density at radius 3 is 2.38 bits per heavy atom. The number of rotatable bonds is 10. The molecule has 1 aromatic carbocycles. The predicted octanol–water partition coefficient (Wildman–Crippen LogP) is 2.63. The molecule has 0 saturated carbocycles. The number of aliphatic imine (C=N–C) groups is 1. The third kappa shape index (κ3) is 9.72. The Balaban J connectivity index is 0.00000625. The van der Waals surface area contributed by atoms with Crippen LogP contribution in [-0.4, -0.2) is 57.7 Å². The molecular formula is C18H33IN4O2S. The molecule has 26 heavy (non-hydrogen) atoms. The zero-order valence-electron chi connectivity index (χ0n) is 16.2. The van der Waals surface area contributed by atoms with E-state index in [2.05, 4.69) is 34.7 Å². The molecule has 8 heteroatoms. The van der Waals surface area contributed by atoms with Crippen LogP contribution >= 0.6 is 24.0 Å². The van der Waals surface area contributed by atoms with Gasteiger partial charge in [-0.1, -0.05) is 44.2 Å². The summed E-state index contributed by atoms with van der Waals surface area (Å²) in [7, 11) is -3.12. The van der Waals surface area contributed by atoms with Crippen LogP contribution in [0.2, 0.25) is 0 Å². The number of benzene rings is 1. The molecule has 0 radical (unpaired) electrons. The topological polar surface area (TPSA) is 73.8 Å². The van der Waals surface area contributed by atoms with Crippen molar-refractivity contribution in [2.24, 2.45) is 4.99 Å². The fourth-order valence-electron chi connectivity index (χ4n) is 2.48. The highest BCUT2D eigenvalue weighted by Crippen LogP contribution is 2.14. The van der Waals surface area contributed by atoms with Crippen LogP contribution in [0.5, 0.6) is 0 Å². The molecule has 0 aliphatic carbocycles. The summed E-state index contributed by atoms with van der Waals surface area (Å²) in [5, 5.41) is 6.50. The average molecular weight is 496 g/mol. The van der Waals surface area contributed by atoms with Gasteiger partial charge in [-0.05, 0) is 18.9 Å². The minimum atomic E-state index is -3.12. The molecule has 0 saturated heterocycles. The SMILES string of the molecule is CCNC(=NCC(C)c1ccccc1)NCCCN(CC)S(C)(=O)=O.I. The molecule has 0 fully saturated rings. The number of hydrogen-bond donors (Lipinski definition) is 2. The van der Waals surface area contributed by atoms with Crippen LogP contribution in [0.15, 0.2) is 35.3 Å². The lowest BCUT2D eigenvalue weighted by Gasteiger charge is -2.18. The Morgan fingerprint density at radius 1 is 1.19 bits per heavy atom. The van der Waals surface area contributed by atoms with E-state index in [0.29, 0.717) is 32.1 Å². The lowest BCUT2D eigenvalue weighted by Crippen LogP contribution is -2.39. The van der Waals surface area contributed by atoms with E-state index in [1.807, 2.05) is 32.0 Å². The monoisotopic (exact) mass is 496 g/mol. The zero-order chi connectivity index (χ0) is 18.7. The summed E-state index contributed by atoms with van der Waals surface area (Å²) in [6.07, 6.45) is 1.99. The minimum Gasteiger partial charge on any atom is -0.357 e. The first-order chi connectivity index (χ1) is 11.9. The maximum atomic E-state index is 11.6. The van der Waals surface area contributed by atoms with E-state index in [1.165, 1.54) is 16.1 Å². The summed E-state index contributed by atoms with van der Waals surface area (Å²) < 4.78 is 24.6. The van der Waals surface area contributed by atoms with E-state index < -0.39 is 10.0 Å². The Hall–Kier alpha value is -0.870. The summed E-state index contributed by atoms with van der Waals surface area (Å²) in [4.78, 5) is 4.64. The van der Waals surface area contributed by atoms with Gasteiger partial charge in [0, 0.05) is 38.6 Å². The smallest absolute Gasteiger partial charge is 0.211 e. The van der Waals surface area contributed by atoms with E-state index >= 15 is 0 Å². The van der Waals surface area contributed by atoms with Gasteiger partial charge in [-0.15, -0.1) is 24.0 Å². The molecule has 6 nitrogen and oxygen atoms in total. The molecule has 1 atom stereocenters. The van der Waals surface area contributed by atoms with Crippen LogP contribution in [-0.2, 0) is 10.0 Å². The molecular weight excluding hydrogens is 463 g/mol. The zero-order valence-corrected chi connectivity index (χ0v) is 19.4. The van der Waals surface area contributed by atoms with E-state index in [0.717, 1.165) is 18.9 Å². The molecule has 0 aliphatic heterocycles. The molecule has 150 valence electrons. The number of guanidine groups is 1. The Kier molecular flexibility index (Phi) is 12.9. The van der Waals surface area contributed by atoms with Gasteiger partial charge in [0.15, 0.2) is 5.96 Å². The van der Waals surface area contributed by atoms with Crippen molar-refractivity contribution in [3.63, 3.8) is 0 Å². The van der Waals surface area contributed by atoms with Crippen molar-refractivity contribution in [1.82, 2.24) is 14.9 Å². The van der Waals surface area contributed by atoms with Crippen LogP contribution in [0.25, 0.3) is 0 Å². The highest BCUT2D eigenvalue weighted by molar-refractivity contribution is 14.0. The number of hydrogen-bond acceptors (Lipinski definition) is 3. The highest BCUT2D eigenvalue weighted by Gasteiger charge is 2.13. The van der Waals surface area contributed by atoms with E-state index in [-0.39, 0.29) is 24.0 Å². The van der Waals surface area contributed by atoms with Gasteiger partial charge < -0.3 is 10.6 Å². The van der Waals surface area contributed by atoms with Gasteiger partial charge in [0.05, 0.1) is 6.26 Å². The molecule has 1 aromatic rings. The number of halogens is 1. The first-order valence-electron chi connectivity index (χ1n) is 8.90. The van der Waals surface area contributed by atoms with Crippen molar-refractivity contribution >= 4 is 40.0 Å². The first-order valence-corrected chi connectivity index (χ1v) is 10.8. The van der Waals surface area contributed by atoms with E-state index in [4.69, 9.17) is 0 Å². The Morgan fingerprint density at radius 2 is 1.85 bits per heavy atom. The van der Waals surface area contributed by atoms with Crippen molar-refractivity contribution in [2.45, 2.75) is 33.1 Å². The molecule has 0 aromatic heterocycles. The van der Waals surface area contributed by atoms with Crippen molar-refractivity contribution in [2.75, 3.05) is 39.0 Å². The van der Waals surface area contributed by atoms with Crippen LogP contribution in [0.4, 0.5) is 0 Å². The largest absolute Gasteiger partial charge is 0.357 e. The third-order valence-electron chi connectivity index (χ3n) is 3.93. The highest BCUT2D eigenvalue weighted by atomic mass is 127. The Bertz CT molecular complexity index is 623. The fourth-order valence-corrected chi connectivity index (χ4v) is 3.41. The molecule has 0 amide bonds. The van der Waals surface area contributed by atoms with Crippen LogP contribution in [0, 0.1) is 0 Å². The average Bonchev–Trinajstić information content (AvgIpc) is 2.58. The molecule has 0 heterocycles. The van der Waals surface area contributed by atoms with Crippen molar-refractivity contribution in [1.29, 1.82) is 0 Å². The minimum absolute atomic E-state index is 0. The molecule has 0 spiro atoms. The maximum Gasteiger partial charge on any atom is 0.211 e. The first kappa shape index (κ1) is 25.1. The van der Waals surface area contributed by atoms with Crippen molar-refractivity contribution < 1.29 is 8.42 Å². The van der Waals surface area contributed by atoms with Gasteiger partial charge in [-0.2, -0.15) is 0 Å². The van der Waals surface area contributed by atoms with Gasteiger partial charge in [0.1, 0.15) is 0 Å². The van der Waals surface area contributed by atoms with E-state index in [1.54, 1.807) is 0 Å². The van der Waals surface area contributed by atoms with Gasteiger partial charge in [-0.25, -0.2) is 12.7 Å². The third-order valence-corrected chi connectivity index (χ3v) is 5.31. The summed E-state index contributed by atoms with van der Waals surface area (Å²) in [5.74, 6) is 1.12. The molecule has 0 bridgehead atoms. The van der Waals surface area contributed by atoms with Crippen LogP contribution < -0.4 is 10.6 Å². The fraction of sp³-hybridized carbons (Fsp3) is 0.611. The van der Waals surface area contributed by atoms with Gasteiger partial charge in [0.25, 0.3) is 0 Å². The molecule has 2 N–H and O–H groups in total. The maximum absolute atomic E-state index is 11.6. The lowest BCUT2D eigenvalue weighted by molar-refractivity contribution is 0.424. The lowest BCUT2D eigenvalue weighted by atomic mass is 10.0. The molecule has 1 unspecified atom stereocenters. The molecule has 0 aliphatic rings. The second kappa shape index (κ2) is 13.3. The summed E-state index contributed by atoms with van der Waals surface area (Å²) >= 11 is 0. The second-order valence-corrected chi connectivity index (χ2v) is 8.05. The Labute approximate surface area is 175 Å². The van der Waals surface area contributed by atoms with Crippen molar-refractivity contribution in [3.8, 4) is 0 Å². The van der Waals surface area contributed by atoms with Gasteiger partial charge in [-0.3, -0.25) is 4.99 Å². The number of nitrogens with one attached hydrogen (secondary N) is 2. The normalized spacial score (nSPS) is 13.2. The predicted molar refractivity (Wildman–Crippen MR) is 121 cm³/mol. The molecule has 1 rings (SSSR count). The number of nitrogens with zero attached hydrogens (tertiary/aromatic N) is 2. The van der Waals surface area contributed by atoms with Gasteiger partial charge in [0.2, 0.25) is 10.0 Å². The standard InChI is InChI=1S/C18H32N4O2S.HI/c1-5-19-18(20-13-10-14-22(6-2)25(4,23)24)21-15-16(3)17-11-8-7-9-12-17;/h7-9,11-12,16H,5-6,10,13-15H2,1-4H3,(H2,19,20,21);1H. The summed E-state index contributed by atoms with van der Waals surface area (Å²) in [5.41, 5.74) is 1.27. The number of sulfonamides is 1. The van der Waals surface area contributed by atoms with E-state index in [9.17, 15) is 8.42 Å². The quantitative estimate of drug-likeness (QED) is 0.226. The van der Waals surface area contributed by atoms with Crippen LogP contribution in [0.1, 0.15) is 38.7 Å². The van der Waals surface area contributed by atoms with Crippen molar-refractivity contribution in [3.05, 3.63) is 35.9 Å². The second-order valence-electron chi connectivity index (χ2n) is 6.07.